The number of aliphatic hydroxyl groups excluding tert-OH is 2. The molecule has 4 aliphatic carbocycles. The molecule has 3 fully saturated rings. The van der Waals surface area contributed by atoms with Crippen molar-refractivity contribution in [2.24, 2.45) is 34.5 Å². The second kappa shape index (κ2) is 6.05. The standard InChI is InChI=1S/C22H28F2O4/c1-11-6-13-14-8-16(23)15-7-12(26)4-5-21(15,3)22(14,24)18(28)9-20(13,2)19(11)17(27)10-25/h4-5,7,10-11,13-14,16-19,27-28H,6,8-9H2,1-3H3/t11-,13?,14?,16+,17?,18+,19?,20-,21+,22+/m1/s1. The van der Waals surface area contributed by atoms with Gasteiger partial charge in [0.05, 0.1) is 6.10 Å². The second-order valence-electron chi connectivity index (χ2n) is 9.81. The van der Waals surface area contributed by atoms with E-state index < -0.39 is 46.7 Å². The van der Waals surface area contributed by atoms with E-state index in [0.29, 0.717) is 12.7 Å². The molecule has 0 aromatic rings. The zero-order chi connectivity index (χ0) is 20.6. The van der Waals surface area contributed by atoms with Crippen molar-refractivity contribution < 1.29 is 28.6 Å². The maximum absolute atomic E-state index is 16.8. The van der Waals surface area contributed by atoms with Gasteiger partial charge in [-0.3, -0.25) is 4.79 Å². The number of aliphatic hydroxyl groups is 2. The average Bonchev–Trinajstić information content (AvgIpc) is 2.89. The highest BCUT2D eigenvalue weighted by Crippen LogP contribution is 2.70. The Kier molecular flexibility index (Phi) is 4.30. The normalized spacial score (nSPS) is 53.7. The number of allylic oxidation sites excluding steroid dienone is 4. The van der Waals surface area contributed by atoms with Crippen LogP contribution in [0, 0.1) is 34.5 Å². The number of hydrogen-bond donors (Lipinski definition) is 2. The van der Waals surface area contributed by atoms with Crippen molar-refractivity contribution in [1.82, 2.24) is 0 Å². The molecule has 0 saturated heterocycles. The Balaban J connectivity index is 1.83. The fourth-order valence-corrected chi connectivity index (χ4v) is 7.42. The Morgan fingerprint density at radius 2 is 1.96 bits per heavy atom. The lowest BCUT2D eigenvalue weighted by Crippen LogP contribution is -2.68. The fourth-order valence-electron chi connectivity index (χ4n) is 7.42. The number of halogens is 2. The van der Waals surface area contributed by atoms with Crippen LogP contribution in [0.15, 0.2) is 23.8 Å². The van der Waals surface area contributed by atoms with Gasteiger partial charge in [0, 0.05) is 11.3 Å². The van der Waals surface area contributed by atoms with Crippen LogP contribution in [0.25, 0.3) is 0 Å². The highest BCUT2D eigenvalue weighted by atomic mass is 19.1. The summed E-state index contributed by atoms with van der Waals surface area (Å²) in [5, 5.41) is 21.4. The molecule has 0 aromatic carbocycles. The van der Waals surface area contributed by atoms with Crippen LogP contribution in [0.5, 0.6) is 0 Å². The molecule has 154 valence electrons. The molecule has 2 N–H and O–H groups in total. The van der Waals surface area contributed by atoms with E-state index in [9.17, 15) is 19.8 Å². The van der Waals surface area contributed by atoms with E-state index in [1.807, 2.05) is 13.8 Å². The number of carbonyl (C=O) groups is 2. The lowest BCUT2D eigenvalue weighted by molar-refractivity contribution is -0.205. The molecule has 0 radical (unpaired) electrons. The Morgan fingerprint density at radius 1 is 1.29 bits per heavy atom. The summed E-state index contributed by atoms with van der Waals surface area (Å²) in [6, 6.07) is 0. The number of fused-ring (bicyclic) bond motifs is 5. The number of aldehydes is 1. The zero-order valence-corrected chi connectivity index (χ0v) is 16.4. The van der Waals surface area contributed by atoms with Crippen molar-refractivity contribution >= 4 is 12.1 Å². The predicted octanol–water partition coefficient (Wildman–Crippen LogP) is 2.73. The van der Waals surface area contributed by atoms with Crippen LogP contribution in [-0.4, -0.2) is 46.3 Å². The summed E-state index contributed by atoms with van der Waals surface area (Å²) in [4.78, 5) is 23.1. The van der Waals surface area contributed by atoms with Gasteiger partial charge in [-0.1, -0.05) is 19.9 Å². The Morgan fingerprint density at radius 3 is 2.61 bits per heavy atom. The number of alkyl halides is 2. The van der Waals surface area contributed by atoms with Gasteiger partial charge in [-0.25, -0.2) is 8.78 Å². The summed E-state index contributed by atoms with van der Waals surface area (Å²) in [5.74, 6) is -1.84. The van der Waals surface area contributed by atoms with E-state index in [2.05, 4.69) is 0 Å². The molecule has 4 rings (SSSR count). The minimum atomic E-state index is -2.11. The molecule has 4 nitrogen and oxygen atoms in total. The first-order valence-corrected chi connectivity index (χ1v) is 10.1. The van der Waals surface area contributed by atoms with Gasteiger partial charge in [-0.2, -0.15) is 0 Å². The van der Waals surface area contributed by atoms with Crippen LogP contribution in [0.4, 0.5) is 8.78 Å². The maximum Gasteiger partial charge on any atom is 0.178 e. The lowest BCUT2D eigenvalue weighted by atomic mass is 9.44. The minimum Gasteiger partial charge on any atom is -0.390 e. The molecule has 28 heavy (non-hydrogen) atoms. The van der Waals surface area contributed by atoms with Gasteiger partial charge in [0.15, 0.2) is 11.5 Å². The first-order chi connectivity index (χ1) is 13.0. The van der Waals surface area contributed by atoms with Crippen molar-refractivity contribution in [3.63, 3.8) is 0 Å². The first kappa shape index (κ1) is 19.9. The van der Waals surface area contributed by atoms with Crippen LogP contribution in [0.2, 0.25) is 0 Å². The van der Waals surface area contributed by atoms with Gasteiger partial charge < -0.3 is 15.0 Å². The predicted molar refractivity (Wildman–Crippen MR) is 98.7 cm³/mol. The van der Waals surface area contributed by atoms with Crippen molar-refractivity contribution in [1.29, 1.82) is 0 Å². The fraction of sp³-hybridized carbons (Fsp3) is 0.727. The van der Waals surface area contributed by atoms with Crippen molar-refractivity contribution in [2.45, 2.75) is 64.1 Å². The number of hydrogen-bond acceptors (Lipinski definition) is 4. The van der Waals surface area contributed by atoms with E-state index in [0.717, 1.165) is 0 Å². The summed E-state index contributed by atoms with van der Waals surface area (Å²) in [5.41, 5.74) is -4.06. The highest BCUT2D eigenvalue weighted by molar-refractivity contribution is 6.01. The van der Waals surface area contributed by atoms with Gasteiger partial charge >= 0.3 is 0 Å². The molecule has 4 unspecified atom stereocenters. The molecular formula is C22H28F2O4. The minimum absolute atomic E-state index is 0.0453. The van der Waals surface area contributed by atoms with E-state index >= 15 is 8.78 Å². The molecule has 10 atom stereocenters. The van der Waals surface area contributed by atoms with Crippen LogP contribution in [0.3, 0.4) is 0 Å². The lowest BCUT2D eigenvalue weighted by Gasteiger charge is -2.62. The van der Waals surface area contributed by atoms with E-state index in [4.69, 9.17) is 0 Å². The molecule has 0 bridgehead atoms. The smallest absolute Gasteiger partial charge is 0.178 e. The molecule has 0 aromatic heterocycles. The third kappa shape index (κ3) is 2.22. The molecule has 6 heteroatoms. The molecular weight excluding hydrogens is 366 g/mol. The topological polar surface area (TPSA) is 74.6 Å². The molecule has 0 amide bonds. The third-order valence-corrected chi connectivity index (χ3v) is 8.57. The summed E-state index contributed by atoms with van der Waals surface area (Å²) in [7, 11) is 0. The molecule has 0 heterocycles. The number of ketones is 1. The third-order valence-electron chi connectivity index (χ3n) is 8.57. The van der Waals surface area contributed by atoms with Gasteiger partial charge in [-0.15, -0.1) is 0 Å². The van der Waals surface area contributed by atoms with Crippen LogP contribution < -0.4 is 0 Å². The van der Waals surface area contributed by atoms with Crippen molar-refractivity contribution in [3.05, 3.63) is 23.8 Å². The molecule has 3 saturated carbocycles. The average molecular weight is 394 g/mol. The molecule has 0 spiro atoms. The molecule has 0 aliphatic heterocycles. The van der Waals surface area contributed by atoms with E-state index in [1.54, 1.807) is 6.92 Å². The van der Waals surface area contributed by atoms with Gasteiger partial charge in [-0.05, 0) is 67.1 Å². The van der Waals surface area contributed by atoms with Gasteiger partial charge in [0.1, 0.15) is 18.6 Å². The van der Waals surface area contributed by atoms with Gasteiger partial charge in [0.25, 0.3) is 0 Å². The molecule has 4 aliphatic rings. The summed E-state index contributed by atoms with van der Waals surface area (Å²) in [6.07, 6.45) is 0.888. The van der Waals surface area contributed by atoms with Crippen LogP contribution in [0.1, 0.15) is 40.0 Å². The van der Waals surface area contributed by atoms with Crippen molar-refractivity contribution in [2.75, 3.05) is 0 Å². The first-order valence-electron chi connectivity index (χ1n) is 10.1. The number of carbonyl (C=O) groups excluding carboxylic acids is 2. The van der Waals surface area contributed by atoms with Crippen LogP contribution >= 0.6 is 0 Å². The Hall–Kier alpha value is -1.40. The van der Waals surface area contributed by atoms with Gasteiger partial charge in [0.2, 0.25) is 0 Å². The summed E-state index contributed by atoms with van der Waals surface area (Å²) in [6.45, 7) is 5.39. The van der Waals surface area contributed by atoms with Crippen molar-refractivity contribution in [3.8, 4) is 0 Å². The maximum atomic E-state index is 16.8. The van der Waals surface area contributed by atoms with E-state index in [1.165, 1.54) is 18.2 Å². The summed E-state index contributed by atoms with van der Waals surface area (Å²) >= 11 is 0. The summed E-state index contributed by atoms with van der Waals surface area (Å²) < 4.78 is 32.0. The Labute approximate surface area is 163 Å². The van der Waals surface area contributed by atoms with E-state index in [-0.39, 0.29) is 36.0 Å². The quantitative estimate of drug-likeness (QED) is 0.707. The zero-order valence-electron chi connectivity index (χ0n) is 16.4. The largest absolute Gasteiger partial charge is 0.390 e. The van der Waals surface area contributed by atoms with Crippen LogP contribution in [-0.2, 0) is 9.59 Å². The SMILES string of the molecule is C[C@@H]1CC2C3C[C@H](F)C4=CC(=O)C=C[C@]4(C)[C@@]3(F)[C@@H](O)C[C@@]2(C)C1C(O)C=O. The second-order valence-corrected chi connectivity index (χ2v) is 9.81. The Bertz CT molecular complexity index is 778. The highest BCUT2D eigenvalue weighted by Gasteiger charge is 2.72. The monoisotopic (exact) mass is 394 g/mol. The number of rotatable bonds is 2.